The molecular formula is C8H7ClN4S. The largest absolute Gasteiger partial charge is 0.274 e. The minimum atomic E-state index is 0.409. The maximum absolute atomic E-state index is 7.51. The first-order chi connectivity index (χ1) is 6.75. The predicted molar refractivity (Wildman–Crippen MR) is 54.3 cm³/mol. The van der Waals surface area contributed by atoms with E-state index in [9.17, 15) is 0 Å². The number of nitrogens with zero attached hydrogens (tertiary/aromatic N) is 3. The van der Waals surface area contributed by atoms with Crippen molar-refractivity contribution in [3.8, 4) is 0 Å². The summed E-state index contributed by atoms with van der Waals surface area (Å²) in [5.74, 6) is 0. The highest BCUT2D eigenvalue weighted by molar-refractivity contribution is 7.06. The number of hydrogen-bond donors (Lipinski definition) is 1. The fourth-order valence-electron chi connectivity index (χ4n) is 1.05. The molecule has 0 radical (unpaired) electrons. The first kappa shape index (κ1) is 9.36. The van der Waals surface area contributed by atoms with Crippen molar-refractivity contribution in [1.82, 2.24) is 14.8 Å². The first-order valence-corrected chi connectivity index (χ1v) is 5.18. The molecular weight excluding hydrogens is 220 g/mol. The zero-order valence-electron chi connectivity index (χ0n) is 7.14. The maximum Gasteiger partial charge on any atom is 0.200 e. The van der Waals surface area contributed by atoms with Gasteiger partial charge in [-0.3, -0.25) is 5.41 Å². The summed E-state index contributed by atoms with van der Waals surface area (Å²) in [6.45, 7) is 0.489. The molecule has 2 aromatic heterocycles. The molecule has 0 aliphatic heterocycles. The number of hydrogen-bond acceptors (Lipinski definition) is 4. The van der Waals surface area contributed by atoms with E-state index in [1.807, 2.05) is 12.1 Å². The Morgan fingerprint density at radius 1 is 1.50 bits per heavy atom. The summed E-state index contributed by atoms with van der Waals surface area (Å²) in [6.07, 6.45) is 0. The summed E-state index contributed by atoms with van der Waals surface area (Å²) >= 11 is 7.03. The highest BCUT2D eigenvalue weighted by Gasteiger charge is 1.99. The van der Waals surface area contributed by atoms with Gasteiger partial charge < -0.3 is 0 Å². The lowest BCUT2D eigenvalue weighted by Crippen LogP contribution is -2.16. The Labute approximate surface area is 89.3 Å². The molecule has 0 aromatic carbocycles. The molecule has 4 nitrogen and oxygen atoms in total. The standard InChI is InChI=1S/C8H7ClN4S/c9-7-3-1-2-6(12-7)4-13-8(10)14-5-11-13/h1-3,5,10H,4H2. The highest BCUT2D eigenvalue weighted by Crippen LogP contribution is 2.05. The van der Waals surface area contributed by atoms with Gasteiger partial charge in [-0.25, -0.2) is 9.67 Å². The second-order valence-electron chi connectivity index (χ2n) is 2.65. The lowest BCUT2D eigenvalue weighted by atomic mass is 10.3. The van der Waals surface area contributed by atoms with Gasteiger partial charge in [0.2, 0.25) is 0 Å². The molecule has 6 heteroatoms. The fraction of sp³-hybridized carbons (Fsp3) is 0.125. The van der Waals surface area contributed by atoms with Gasteiger partial charge in [0, 0.05) is 0 Å². The van der Waals surface area contributed by atoms with Crippen LogP contribution in [0, 0.1) is 5.41 Å². The molecule has 0 atom stereocenters. The molecule has 72 valence electrons. The quantitative estimate of drug-likeness (QED) is 0.790. The normalized spacial score (nSPS) is 10.4. The zero-order chi connectivity index (χ0) is 9.97. The molecule has 0 bridgehead atoms. The molecule has 0 aliphatic rings. The van der Waals surface area contributed by atoms with Crippen LogP contribution in [0.5, 0.6) is 0 Å². The molecule has 0 saturated carbocycles. The van der Waals surface area contributed by atoms with E-state index in [4.69, 9.17) is 17.0 Å². The Hall–Kier alpha value is -1.20. The van der Waals surface area contributed by atoms with E-state index in [0.717, 1.165) is 5.69 Å². The second kappa shape index (κ2) is 3.89. The van der Waals surface area contributed by atoms with Crippen LogP contribution in [0.1, 0.15) is 5.69 Å². The summed E-state index contributed by atoms with van der Waals surface area (Å²) in [7, 11) is 0. The van der Waals surface area contributed by atoms with Crippen molar-refractivity contribution in [3.63, 3.8) is 0 Å². The topological polar surface area (TPSA) is 54.6 Å². The van der Waals surface area contributed by atoms with Gasteiger partial charge in [0.1, 0.15) is 10.7 Å². The van der Waals surface area contributed by atoms with Crippen molar-refractivity contribution in [1.29, 1.82) is 5.41 Å². The Morgan fingerprint density at radius 3 is 3.00 bits per heavy atom. The molecule has 0 fully saturated rings. The van der Waals surface area contributed by atoms with E-state index in [1.54, 1.807) is 16.3 Å². The summed E-state index contributed by atoms with van der Waals surface area (Å²) in [5, 5.41) is 12.0. The van der Waals surface area contributed by atoms with Crippen LogP contribution in [0.25, 0.3) is 0 Å². The third kappa shape index (κ3) is 2.00. The van der Waals surface area contributed by atoms with Crippen LogP contribution in [-0.2, 0) is 6.54 Å². The van der Waals surface area contributed by atoms with Crippen LogP contribution >= 0.6 is 22.9 Å². The molecule has 2 heterocycles. The fourth-order valence-corrected chi connectivity index (χ4v) is 1.72. The number of rotatable bonds is 2. The van der Waals surface area contributed by atoms with E-state index in [1.165, 1.54) is 11.3 Å². The molecule has 1 N–H and O–H groups in total. The Bertz CT molecular complexity index is 490. The number of halogens is 1. The van der Waals surface area contributed by atoms with Crippen LogP contribution in [0.15, 0.2) is 23.7 Å². The monoisotopic (exact) mass is 226 g/mol. The van der Waals surface area contributed by atoms with Gasteiger partial charge in [-0.15, -0.1) is 0 Å². The average Bonchev–Trinajstić information content (AvgIpc) is 2.52. The van der Waals surface area contributed by atoms with Gasteiger partial charge in [0.15, 0.2) is 4.80 Å². The summed E-state index contributed by atoms with van der Waals surface area (Å²) in [5.41, 5.74) is 2.44. The van der Waals surface area contributed by atoms with E-state index < -0.39 is 0 Å². The lowest BCUT2D eigenvalue weighted by Gasteiger charge is -2.00. The number of nitrogens with one attached hydrogen (secondary N) is 1. The van der Waals surface area contributed by atoms with Gasteiger partial charge in [-0.05, 0) is 12.1 Å². The van der Waals surface area contributed by atoms with Gasteiger partial charge >= 0.3 is 0 Å². The molecule has 0 spiro atoms. The smallest absolute Gasteiger partial charge is 0.200 e. The highest BCUT2D eigenvalue weighted by atomic mass is 35.5. The molecule has 2 rings (SSSR count). The van der Waals surface area contributed by atoms with Crippen molar-refractivity contribution in [2.45, 2.75) is 6.54 Å². The van der Waals surface area contributed by atoms with Crippen LogP contribution < -0.4 is 4.80 Å². The minimum Gasteiger partial charge on any atom is -0.274 e. The summed E-state index contributed by atoms with van der Waals surface area (Å²) in [6, 6.07) is 5.41. The Balaban J connectivity index is 2.27. The Morgan fingerprint density at radius 2 is 2.36 bits per heavy atom. The molecule has 0 aliphatic carbocycles. The Kier molecular flexibility index (Phi) is 2.60. The summed E-state index contributed by atoms with van der Waals surface area (Å²) < 4.78 is 1.57. The van der Waals surface area contributed by atoms with Crippen molar-refractivity contribution in [3.05, 3.63) is 39.4 Å². The zero-order valence-corrected chi connectivity index (χ0v) is 8.72. The molecule has 0 saturated heterocycles. The number of pyridine rings is 1. The molecule has 0 amide bonds. The van der Waals surface area contributed by atoms with Crippen LogP contribution in [0.2, 0.25) is 5.15 Å². The first-order valence-electron chi connectivity index (χ1n) is 3.92. The third-order valence-electron chi connectivity index (χ3n) is 1.67. The maximum atomic E-state index is 7.51. The van der Waals surface area contributed by atoms with Crippen molar-refractivity contribution >= 4 is 22.9 Å². The van der Waals surface area contributed by atoms with Gasteiger partial charge in [-0.1, -0.05) is 29.0 Å². The van der Waals surface area contributed by atoms with Gasteiger partial charge in [0.25, 0.3) is 0 Å². The van der Waals surface area contributed by atoms with Crippen LogP contribution in [0.4, 0.5) is 0 Å². The van der Waals surface area contributed by atoms with Crippen molar-refractivity contribution < 1.29 is 0 Å². The van der Waals surface area contributed by atoms with Crippen LogP contribution in [0.3, 0.4) is 0 Å². The molecule has 2 aromatic rings. The van der Waals surface area contributed by atoms with Gasteiger partial charge in [-0.2, -0.15) is 5.10 Å². The SMILES string of the molecule is N=c1scnn1Cc1cccc(Cl)n1. The second-order valence-corrected chi connectivity index (χ2v) is 3.87. The number of aromatic nitrogens is 3. The van der Waals surface area contributed by atoms with E-state index in [2.05, 4.69) is 10.1 Å². The van der Waals surface area contributed by atoms with Crippen LogP contribution in [-0.4, -0.2) is 14.8 Å². The minimum absolute atomic E-state index is 0.409. The van der Waals surface area contributed by atoms with E-state index in [0.29, 0.717) is 16.5 Å². The van der Waals surface area contributed by atoms with E-state index >= 15 is 0 Å². The molecule has 0 unspecified atom stereocenters. The third-order valence-corrected chi connectivity index (χ3v) is 2.51. The lowest BCUT2D eigenvalue weighted by molar-refractivity contribution is 0.637. The molecule has 14 heavy (non-hydrogen) atoms. The average molecular weight is 227 g/mol. The van der Waals surface area contributed by atoms with E-state index in [-0.39, 0.29) is 0 Å². The van der Waals surface area contributed by atoms with Gasteiger partial charge in [0.05, 0.1) is 12.2 Å². The summed E-state index contributed by atoms with van der Waals surface area (Å²) in [4.78, 5) is 4.52. The van der Waals surface area contributed by atoms with Crippen molar-refractivity contribution in [2.75, 3.05) is 0 Å². The van der Waals surface area contributed by atoms with Crippen molar-refractivity contribution in [2.24, 2.45) is 0 Å². The predicted octanol–water partition coefficient (Wildman–Crippen LogP) is 1.52.